The number of methoxy groups -OCH3 is 1. The molecule has 0 aliphatic rings. The summed E-state index contributed by atoms with van der Waals surface area (Å²) in [5, 5.41) is 2.88. The maximum atomic E-state index is 12.4. The van der Waals surface area contributed by atoms with Crippen molar-refractivity contribution >= 4 is 5.91 Å². The molecule has 0 unspecified atom stereocenters. The van der Waals surface area contributed by atoms with Crippen LogP contribution in [0.3, 0.4) is 0 Å². The maximum Gasteiger partial charge on any atom is 0.273 e. The summed E-state index contributed by atoms with van der Waals surface area (Å²) < 4.78 is 10.7. The highest BCUT2D eigenvalue weighted by atomic mass is 16.5. The van der Waals surface area contributed by atoms with Crippen LogP contribution < -0.4 is 10.1 Å². The number of oxazole rings is 1. The Morgan fingerprint density at radius 1 is 1.27 bits per heavy atom. The third kappa shape index (κ3) is 4.05. The Bertz CT molecular complexity index is 878. The van der Waals surface area contributed by atoms with Gasteiger partial charge in [0.2, 0.25) is 0 Å². The van der Waals surface area contributed by atoms with E-state index in [1.54, 1.807) is 19.5 Å². The minimum Gasteiger partial charge on any atom is -0.496 e. The standard InChI is InChI=1S/C19H20N4O3/c1-13-8-15(5-6-16(13)25-2)18-17(23-12-26-18)19(24)22-7-3-4-14-9-20-11-21-10-14/h5-6,8-12H,3-4,7H2,1-2H3,(H,22,24). The molecule has 7 heteroatoms. The van der Waals surface area contributed by atoms with Crippen LogP contribution in [0, 0.1) is 6.92 Å². The van der Waals surface area contributed by atoms with E-state index in [1.165, 1.54) is 12.7 Å². The van der Waals surface area contributed by atoms with E-state index in [4.69, 9.17) is 9.15 Å². The predicted octanol–water partition coefficient (Wildman–Crippen LogP) is 2.81. The molecule has 0 fully saturated rings. The average molecular weight is 352 g/mol. The Kier molecular flexibility index (Phi) is 5.58. The van der Waals surface area contributed by atoms with Gasteiger partial charge in [-0.15, -0.1) is 0 Å². The molecular weight excluding hydrogens is 332 g/mol. The molecule has 3 aromatic rings. The minimum atomic E-state index is -0.258. The van der Waals surface area contributed by atoms with E-state index >= 15 is 0 Å². The van der Waals surface area contributed by atoms with Gasteiger partial charge in [0.05, 0.1) is 7.11 Å². The Hall–Kier alpha value is -3.22. The Balaban J connectivity index is 1.62. The number of rotatable bonds is 7. The smallest absolute Gasteiger partial charge is 0.273 e. The van der Waals surface area contributed by atoms with E-state index in [-0.39, 0.29) is 11.6 Å². The third-order valence-electron chi connectivity index (χ3n) is 3.98. The monoisotopic (exact) mass is 352 g/mol. The lowest BCUT2D eigenvalue weighted by Crippen LogP contribution is -2.25. The van der Waals surface area contributed by atoms with E-state index in [1.807, 2.05) is 25.1 Å². The van der Waals surface area contributed by atoms with Crippen LogP contribution in [-0.4, -0.2) is 34.5 Å². The summed E-state index contributed by atoms with van der Waals surface area (Å²) in [5.41, 5.74) is 3.06. The second-order valence-electron chi connectivity index (χ2n) is 5.82. The van der Waals surface area contributed by atoms with Gasteiger partial charge < -0.3 is 14.5 Å². The van der Waals surface area contributed by atoms with Crippen LogP contribution >= 0.6 is 0 Å². The van der Waals surface area contributed by atoms with Crippen LogP contribution in [0.5, 0.6) is 5.75 Å². The van der Waals surface area contributed by atoms with Crippen molar-refractivity contribution in [2.75, 3.05) is 13.7 Å². The number of nitrogens with one attached hydrogen (secondary N) is 1. The fraction of sp³-hybridized carbons (Fsp3) is 0.263. The zero-order valence-electron chi connectivity index (χ0n) is 14.7. The number of carbonyl (C=O) groups is 1. The average Bonchev–Trinajstić information content (AvgIpc) is 3.16. The topological polar surface area (TPSA) is 90.1 Å². The minimum absolute atomic E-state index is 0.258. The first-order valence-corrected chi connectivity index (χ1v) is 8.29. The van der Waals surface area contributed by atoms with E-state index in [2.05, 4.69) is 20.3 Å². The molecule has 0 atom stereocenters. The molecule has 1 aromatic carbocycles. The van der Waals surface area contributed by atoms with Gasteiger partial charge in [0.15, 0.2) is 17.8 Å². The van der Waals surface area contributed by atoms with Crippen molar-refractivity contribution in [3.8, 4) is 17.1 Å². The fourth-order valence-electron chi connectivity index (χ4n) is 2.67. The molecule has 0 radical (unpaired) electrons. The maximum absolute atomic E-state index is 12.4. The van der Waals surface area contributed by atoms with Crippen molar-refractivity contribution in [2.24, 2.45) is 0 Å². The number of benzene rings is 1. The summed E-state index contributed by atoms with van der Waals surface area (Å²) in [7, 11) is 1.62. The number of aromatic nitrogens is 3. The molecule has 3 rings (SSSR count). The van der Waals surface area contributed by atoms with Crippen molar-refractivity contribution in [3.63, 3.8) is 0 Å². The van der Waals surface area contributed by atoms with Gasteiger partial charge in [-0.05, 0) is 49.1 Å². The van der Waals surface area contributed by atoms with Gasteiger partial charge in [0, 0.05) is 24.5 Å². The van der Waals surface area contributed by atoms with Crippen LogP contribution in [0.4, 0.5) is 0 Å². The summed E-state index contributed by atoms with van der Waals surface area (Å²) in [6.45, 7) is 2.47. The van der Waals surface area contributed by atoms with E-state index in [9.17, 15) is 4.79 Å². The molecule has 0 spiro atoms. The lowest BCUT2D eigenvalue weighted by Gasteiger charge is -2.07. The van der Waals surface area contributed by atoms with E-state index in [0.717, 1.165) is 35.3 Å². The molecule has 0 bridgehead atoms. The fourth-order valence-corrected chi connectivity index (χ4v) is 2.67. The van der Waals surface area contributed by atoms with E-state index < -0.39 is 0 Å². The summed E-state index contributed by atoms with van der Waals surface area (Å²) in [4.78, 5) is 24.5. The molecule has 0 aliphatic carbocycles. The highest BCUT2D eigenvalue weighted by Gasteiger charge is 2.18. The lowest BCUT2D eigenvalue weighted by molar-refractivity contribution is 0.0949. The number of hydrogen-bond acceptors (Lipinski definition) is 6. The summed E-state index contributed by atoms with van der Waals surface area (Å²) >= 11 is 0. The summed E-state index contributed by atoms with van der Waals surface area (Å²) in [6.07, 6.45) is 7.91. The van der Waals surface area contributed by atoms with Gasteiger partial charge in [0.1, 0.15) is 12.1 Å². The first-order valence-electron chi connectivity index (χ1n) is 8.29. The number of aryl methyl sites for hydroxylation is 2. The molecule has 0 saturated heterocycles. The zero-order valence-corrected chi connectivity index (χ0v) is 14.7. The van der Waals surface area contributed by atoms with Crippen LogP contribution in [-0.2, 0) is 6.42 Å². The molecule has 0 saturated carbocycles. The Morgan fingerprint density at radius 2 is 2.08 bits per heavy atom. The van der Waals surface area contributed by atoms with Crippen molar-refractivity contribution in [2.45, 2.75) is 19.8 Å². The van der Waals surface area contributed by atoms with Crippen molar-refractivity contribution in [3.05, 3.63) is 60.1 Å². The first-order chi connectivity index (χ1) is 12.7. The molecule has 134 valence electrons. The predicted molar refractivity (Wildman–Crippen MR) is 95.9 cm³/mol. The molecule has 1 N–H and O–H groups in total. The van der Waals surface area contributed by atoms with Gasteiger partial charge >= 0.3 is 0 Å². The van der Waals surface area contributed by atoms with Gasteiger partial charge in [-0.1, -0.05) is 0 Å². The zero-order chi connectivity index (χ0) is 18.4. The quantitative estimate of drug-likeness (QED) is 0.658. The first kappa shape index (κ1) is 17.6. The molecular formula is C19H20N4O3. The van der Waals surface area contributed by atoms with Crippen LogP contribution in [0.25, 0.3) is 11.3 Å². The van der Waals surface area contributed by atoms with Gasteiger partial charge in [-0.3, -0.25) is 4.79 Å². The molecule has 2 aromatic heterocycles. The SMILES string of the molecule is COc1ccc(-c2ocnc2C(=O)NCCCc2cncnc2)cc1C. The lowest BCUT2D eigenvalue weighted by atomic mass is 10.1. The second kappa shape index (κ2) is 8.24. The molecule has 7 nitrogen and oxygen atoms in total. The third-order valence-corrected chi connectivity index (χ3v) is 3.98. The highest BCUT2D eigenvalue weighted by molar-refractivity contribution is 5.97. The van der Waals surface area contributed by atoms with E-state index in [0.29, 0.717) is 12.3 Å². The van der Waals surface area contributed by atoms with Gasteiger partial charge in [-0.2, -0.15) is 0 Å². The normalized spacial score (nSPS) is 10.5. The number of ether oxygens (including phenoxy) is 1. The number of carbonyl (C=O) groups excluding carboxylic acids is 1. The highest BCUT2D eigenvalue weighted by Crippen LogP contribution is 2.28. The van der Waals surface area contributed by atoms with Crippen molar-refractivity contribution in [1.82, 2.24) is 20.3 Å². The summed E-state index contributed by atoms with van der Waals surface area (Å²) in [5.74, 6) is 0.973. The number of nitrogens with zero attached hydrogens (tertiary/aromatic N) is 3. The molecule has 2 heterocycles. The molecule has 26 heavy (non-hydrogen) atoms. The Labute approximate surface area is 151 Å². The van der Waals surface area contributed by atoms with Crippen LogP contribution in [0.2, 0.25) is 0 Å². The molecule has 0 aliphatic heterocycles. The number of amides is 1. The van der Waals surface area contributed by atoms with Crippen molar-refractivity contribution < 1.29 is 13.9 Å². The van der Waals surface area contributed by atoms with Crippen molar-refractivity contribution in [1.29, 1.82) is 0 Å². The number of hydrogen-bond donors (Lipinski definition) is 1. The van der Waals surface area contributed by atoms with Gasteiger partial charge in [-0.25, -0.2) is 15.0 Å². The van der Waals surface area contributed by atoms with Gasteiger partial charge in [0.25, 0.3) is 5.91 Å². The largest absolute Gasteiger partial charge is 0.496 e. The Morgan fingerprint density at radius 3 is 2.81 bits per heavy atom. The second-order valence-corrected chi connectivity index (χ2v) is 5.82. The van der Waals surface area contributed by atoms with Crippen LogP contribution in [0.15, 0.2) is 47.7 Å². The van der Waals surface area contributed by atoms with Crippen LogP contribution in [0.1, 0.15) is 28.0 Å². The summed E-state index contributed by atoms with van der Waals surface area (Å²) in [6, 6.07) is 5.60. The molecule has 1 amide bonds.